The second kappa shape index (κ2) is 6.00. The molecule has 0 aliphatic rings. The van der Waals surface area contributed by atoms with Crippen LogP contribution in [0.2, 0.25) is 0 Å². The summed E-state index contributed by atoms with van der Waals surface area (Å²) < 4.78 is 9.29. The zero-order chi connectivity index (χ0) is 13.7. The zero-order valence-electron chi connectivity index (χ0n) is 10.9. The van der Waals surface area contributed by atoms with Gasteiger partial charge < -0.3 is 9.47 Å². The lowest BCUT2D eigenvalue weighted by Gasteiger charge is -2.00. The molecule has 0 unspecified atom stereocenters. The second-order valence-electron chi connectivity index (χ2n) is 3.81. The molecule has 0 fully saturated rings. The number of hydrogen-bond acceptors (Lipinski definition) is 4. The predicted octanol–water partition coefficient (Wildman–Crippen LogP) is 0.374. The van der Waals surface area contributed by atoms with Gasteiger partial charge >= 0.3 is 11.9 Å². The molecule has 0 atom stereocenters. The minimum absolute atomic E-state index is 0.364. The minimum atomic E-state index is -0.364. The largest absolute Gasteiger partial charge is 0.466 e. The van der Waals surface area contributed by atoms with E-state index < -0.39 is 0 Å². The fraction of sp³-hybridized carbons (Fsp3) is 0.286. The van der Waals surface area contributed by atoms with Crippen molar-refractivity contribution in [3.63, 3.8) is 0 Å². The highest BCUT2D eigenvalue weighted by atomic mass is 16.5. The molecule has 1 aromatic carbocycles. The first-order valence-corrected chi connectivity index (χ1v) is 5.45. The molecule has 0 spiro atoms. The van der Waals surface area contributed by atoms with Crippen molar-refractivity contribution in [3.05, 3.63) is 34.7 Å². The number of methoxy groups -OCH3 is 2. The van der Waals surface area contributed by atoms with Crippen LogP contribution >= 0.6 is 0 Å². The fourth-order valence-electron chi connectivity index (χ4n) is 1.51. The van der Waals surface area contributed by atoms with E-state index in [1.165, 1.54) is 14.2 Å². The van der Waals surface area contributed by atoms with Crippen molar-refractivity contribution in [2.75, 3.05) is 14.2 Å². The van der Waals surface area contributed by atoms with Crippen LogP contribution < -0.4 is 10.4 Å². The van der Waals surface area contributed by atoms with E-state index in [2.05, 4.69) is 9.47 Å². The lowest BCUT2D eigenvalue weighted by atomic mass is 10.1. The van der Waals surface area contributed by atoms with Crippen molar-refractivity contribution in [2.45, 2.75) is 13.8 Å². The standard InChI is InChI=1S/C14H16O4/c1-9(13(15)17-3)11-5-7-12(8-6-11)10(2)14(16)18-4/h5-8H,1-4H3. The lowest BCUT2D eigenvalue weighted by molar-refractivity contribution is -0.134. The Morgan fingerprint density at radius 1 is 0.778 bits per heavy atom. The number of carbonyl (C=O) groups excluding carboxylic acids is 2. The van der Waals surface area contributed by atoms with Crippen molar-refractivity contribution in [1.29, 1.82) is 0 Å². The topological polar surface area (TPSA) is 52.6 Å². The minimum Gasteiger partial charge on any atom is -0.466 e. The van der Waals surface area contributed by atoms with E-state index in [9.17, 15) is 9.59 Å². The molecule has 0 aliphatic carbocycles. The van der Waals surface area contributed by atoms with E-state index in [1.54, 1.807) is 38.1 Å². The molecule has 0 radical (unpaired) electrons. The molecule has 4 nitrogen and oxygen atoms in total. The summed E-state index contributed by atoms with van der Waals surface area (Å²) in [6.45, 7) is 3.38. The van der Waals surface area contributed by atoms with Crippen LogP contribution in [0.5, 0.6) is 0 Å². The van der Waals surface area contributed by atoms with Crippen molar-refractivity contribution >= 4 is 23.1 Å². The monoisotopic (exact) mass is 248 g/mol. The first-order valence-electron chi connectivity index (χ1n) is 5.45. The lowest BCUT2D eigenvalue weighted by Crippen LogP contribution is -2.18. The zero-order valence-corrected chi connectivity index (χ0v) is 10.9. The number of benzene rings is 1. The molecule has 96 valence electrons. The third kappa shape index (κ3) is 2.97. The maximum absolute atomic E-state index is 11.3. The van der Waals surface area contributed by atoms with Gasteiger partial charge in [0.25, 0.3) is 0 Å². The highest BCUT2D eigenvalue weighted by Gasteiger charge is 2.05. The molecule has 0 N–H and O–H groups in total. The van der Waals surface area contributed by atoms with Crippen LogP contribution in [0.1, 0.15) is 13.8 Å². The van der Waals surface area contributed by atoms with Gasteiger partial charge in [-0.1, -0.05) is 24.3 Å². The average molecular weight is 248 g/mol. The van der Waals surface area contributed by atoms with Gasteiger partial charge in [0, 0.05) is 11.1 Å². The SMILES string of the molecule is COC(=O)C(C)=c1ccc(=C(C)C(=O)OC)cc1. The molecule has 4 heteroatoms. The summed E-state index contributed by atoms with van der Waals surface area (Å²) in [5.41, 5.74) is 1.06. The van der Waals surface area contributed by atoms with Crippen molar-refractivity contribution in [2.24, 2.45) is 0 Å². The van der Waals surface area contributed by atoms with Gasteiger partial charge in [0.05, 0.1) is 14.2 Å². The Morgan fingerprint density at radius 3 is 1.28 bits per heavy atom. The van der Waals surface area contributed by atoms with Crippen LogP contribution in [-0.2, 0) is 19.1 Å². The van der Waals surface area contributed by atoms with Crippen LogP contribution in [0.3, 0.4) is 0 Å². The number of carbonyl (C=O) groups is 2. The van der Waals surface area contributed by atoms with Crippen molar-refractivity contribution < 1.29 is 19.1 Å². The Bertz CT molecular complexity index is 508. The van der Waals surface area contributed by atoms with Gasteiger partial charge in [0.2, 0.25) is 0 Å². The molecule has 0 amide bonds. The highest BCUT2D eigenvalue weighted by molar-refractivity contribution is 6.09. The van der Waals surface area contributed by atoms with Gasteiger partial charge in [0.15, 0.2) is 0 Å². The molecule has 1 aromatic rings. The van der Waals surface area contributed by atoms with Crippen molar-refractivity contribution in [3.8, 4) is 0 Å². The summed E-state index contributed by atoms with van der Waals surface area (Å²) in [6, 6.07) is 7.09. The summed E-state index contributed by atoms with van der Waals surface area (Å²) in [4.78, 5) is 22.7. The van der Waals surface area contributed by atoms with Crippen LogP contribution in [0.4, 0.5) is 0 Å². The van der Waals surface area contributed by atoms with E-state index in [4.69, 9.17) is 0 Å². The maximum Gasteiger partial charge on any atom is 0.334 e. The summed E-state index contributed by atoms with van der Waals surface area (Å²) >= 11 is 0. The van der Waals surface area contributed by atoms with Gasteiger partial charge in [0.1, 0.15) is 0 Å². The number of esters is 2. The van der Waals surface area contributed by atoms with E-state index in [0.717, 1.165) is 10.4 Å². The average Bonchev–Trinajstić information content (AvgIpc) is 2.44. The van der Waals surface area contributed by atoms with Crippen LogP contribution in [0.25, 0.3) is 11.1 Å². The summed E-state index contributed by atoms with van der Waals surface area (Å²) in [5.74, 6) is -0.729. The summed E-state index contributed by atoms with van der Waals surface area (Å²) in [6.07, 6.45) is 0. The Morgan fingerprint density at radius 2 is 1.06 bits per heavy atom. The Balaban J connectivity index is 3.31. The molecule has 18 heavy (non-hydrogen) atoms. The first-order chi connectivity index (χ1) is 8.51. The van der Waals surface area contributed by atoms with Crippen LogP contribution in [-0.4, -0.2) is 26.2 Å². The van der Waals surface area contributed by atoms with Gasteiger partial charge in [-0.25, -0.2) is 9.59 Å². The summed E-state index contributed by atoms with van der Waals surface area (Å²) in [7, 11) is 2.69. The normalized spacial score (nSPS) is 9.56. The van der Waals surface area contributed by atoms with E-state index in [-0.39, 0.29) is 11.9 Å². The summed E-state index contributed by atoms with van der Waals surface area (Å²) in [5, 5.41) is 1.53. The molecule has 0 saturated heterocycles. The molecule has 0 aromatic heterocycles. The molecule has 1 rings (SSSR count). The predicted molar refractivity (Wildman–Crippen MR) is 67.9 cm³/mol. The van der Waals surface area contributed by atoms with E-state index in [1.807, 2.05) is 0 Å². The molecule has 0 heterocycles. The smallest absolute Gasteiger partial charge is 0.334 e. The third-order valence-corrected chi connectivity index (χ3v) is 2.73. The quantitative estimate of drug-likeness (QED) is 0.710. The second-order valence-corrected chi connectivity index (χ2v) is 3.81. The van der Waals surface area contributed by atoms with Crippen LogP contribution in [0.15, 0.2) is 24.3 Å². The maximum atomic E-state index is 11.3. The number of rotatable bonds is 2. The van der Waals surface area contributed by atoms with E-state index >= 15 is 0 Å². The Labute approximate surface area is 106 Å². The number of hydrogen-bond donors (Lipinski definition) is 0. The molecular weight excluding hydrogens is 232 g/mol. The molecule has 0 bridgehead atoms. The van der Waals surface area contributed by atoms with E-state index in [0.29, 0.717) is 11.1 Å². The Kier molecular flexibility index (Phi) is 4.66. The van der Waals surface area contributed by atoms with Gasteiger partial charge in [-0.15, -0.1) is 0 Å². The van der Waals surface area contributed by atoms with Gasteiger partial charge in [-0.05, 0) is 24.3 Å². The highest BCUT2D eigenvalue weighted by Crippen LogP contribution is 1.95. The fourth-order valence-corrected chi connectivity index (χ4v) is 1.51. The molecule has 0 aliphatic heterocycles. The Hall–Kier alpha value is -2.10. The number of ether oxygens (including phenoxy) is 2. The van der Waals surface area contributed by atoms with Gasteiger partial charge in [-0.3, -0.25) is 0 Å². The first kappa shape index (κ1) is 14.0. The van der Waals surface area contributed by atoms with Crippen molar-refractivity contribution in [1.82, 2.24) is 0 Å². The third-order valence-electron chi connectivity index (χ3n) is 2.73. The van der Waals surface area contributed by atoms with Gasteiger partial charge in [-0.2, -0.15) is 0 Å². The molecule has 0 saturated carbocycles. The van der Waals surface area contributed by atoms with Crippen LogP contribution in [0, 0.1) is 0 Å². The molecular formula is C14H16O4.